The summed E-state index contributed by atoms with van der Waals surface area (Å²) in [5.74, 6) is 0.923. The molecule has 0 spiro atoms. The third kappa shape index (κ3) is 2.55. The van der Waals surface area contributed by atoms with Crippen molar-refractivity contribution in [2.45, 2.75) is 44.4 Å². The van der Waals surface area contributed by atoms with Crippen molar-refractivity contribution in [3.05, 3.63) is 34.5 Å². The van der Waals surface area contributed by atoms with Gasteiger partial charge in [0.1, 0.15) is 0 Å². The van der Waals surface area contributed by atoms with Gasteiger partial charge in [0.05, 0.1) is 0 Å². The van der Waals surface area contributed by atoms with E-state index < -0.39 is 0 Å². The SMILES string of the molecule is Cn1c2c(c3cc(Cl)ccc31)C(CNC(=O)C1CCC1)CCC2. The summed E-state index contributed by atoms with van der Waals surface area (Å²) in [6.07, 6.45) is 6.77. The van der Waals surface area contributed by atoms with Crippen molar-refractivity contribution in [3.8, 4) is 0 Å². The molecule has 0 radical (unpaired) electrons. The van der Waals surface area contributed by atoms with Crippen LogP contribution in [0.2, 0.25) is 5.02 Å². The fraction of sp³-hybridized carbons (Fsp3) is 0.526. The summed E-state index contributed by atoms with van der Waals surface area (Å²) in [4.78, 5) is 12.2. The van der Waals surface area contributed by atoms with E-state index in [9.17, 15) is 4.79 Å². The molecule has 0 bridgehead atoms. The standard InChI is InChI=1S/C19H23ClN2O/c1-22-16-9-8-14(20)10-15(16)18-13(6-3-7-17(18)22)11-21-19(23)12-4-2-5-12/h8-10,12-13H,2-7,11H2,1H3,(H,21,23). The highest BCUT2D eigenvalue weighted by Gasteiger charge is 2.29. The highest BCUT2D eigenvalue weighted by atomic mass is 35.5. The van der Waals surface area contributed by atoms with Crippen LogP contribution in [0.1, 0.15) is 49.3 Å². The first-order valence-electron chi connectivity index (χ1n) is 8.69. The van der Waals surface area contributed by atoms with Crippen LogP contribution in [0, 0.1) is 5.92 Å². The van der Waals surface area contributed by atoms with E-state index in [1.54, 1.807) is 0 Å². The van der Waals surface area contributed by atoms with E-state index in [1.165, 1.54) is 35.0 Å². The number of aryl methyl sites for hydroxylation is 1. The van der Waals surface area contributed by atoms with Crippen molar-refractivity contribution in [3.63, 3.8) is 0 Å². The summed E-state index contributed by atoms with van der Waals surface area (Å²) in [6.45, 7) is 0.758. The zero-order valence-electron chi connectivity index (χ0n) is 13.6. The molecule has 1 amide bonds. The molecule has 0 aliphatic heterocycles. The smallest absolute Gasteiger partial charge is 0.223 e. The number of halogens is 1. The maximum atomic E-state index is 12.2. The molecule has 1 aromatic carbocycles. The van der Waals surface area contributed by atoms with E-state index in [2.05, 4.69) is 29.1 Å². The molecule has 1 unspecified atom stereocenters. The first-order chi connectivity index (χ1) is 11.1. The second-order valence-electron chi connectivity index (χ2n) is 7.04. The summed E-state index contributed by atoms with van der Waals surface area (Å²) in [5.41, 5.74) is 4.07. The zero-order valence-corrected chi connectivity index (χ0v) is 14.3. The van der Waals surface area contributed by atoms with Gasteiger partial charge in [0.15, 0.2) is 0 Å². The van der Waals surface area contributed by atoms with Gasteiger partial charge in [-0.3, -0.25) is 4.79 Å². The van der Waals surface area contributed by atoms with Crippen LogP contribution in [0.15, 0.2) is 18.2 Å². The third-order valence-electron chi connectivity index (χ3n) is 5.70. The number of hydrogen-bond donors (Lipinski definition) is 1. The molecule has 0 saturated heterocycles. The van der Waals surface area contributed by atoms with E-state index in [1.807, 2.05) is 6.07 Å². The van der Waals surface area contributed by atoms with Crippen molar-refractivity contribution in [2.24, 2.45) is 13.0 Å². The number of nitrogens with zero attached hydrogens (tertiary/aromatic N) is 1. The van der Waals surface area contributed by atoms with Gasteiger partial charge in [-0.05, 0) is 55.9 Å². The maximum Gasteiger partial charge on any atom is 0.223 e. The Morgan fingerprint density at radius 1 is 1.30 bits per heavy atom. The fourth-order valence-electron chi connectivity index (χ4n) is 4.16. The first kappa shape index (κ1) is 15.1. The second kappa shape index (κ2) is 5.86. The highest BCUT2D eigenvalue weighted by Crippen LogP contribution is 2.39. The lowest BCUT2D eigenvalue weighted by atomic mass is 9.83. The number of carbonyl (C=O) groups is 1. The van der Waals surface area contributed by atoms with Gasteiger partial charge in [0.25, 0.3) is 0 Å². The lowest BCUT2D eigenvalue weighted by Gasteiger charge is -2.28. The molecule has 3 nitrogen and oxygen atoms in total. The number of amides is 1. The zero-order chi connectivity index (χ0) is 16.0. The Balaban J connectivity index is 1.64. The van der Waals surface area contributed by atoms with Gasteiger partial charge in [0, 0.05) is 47.0 Å². The topological polar surface area (TPSA) is 34.0 Å². The summed E-state index contributed by atoms with van der Waals surface area (Å²) in [7, 11) is 2.14. The predicted octanol–water partition coefficient (Wildman–Crippen LogP) is 4.17. The molecular formula is C19H23ClN2O. The van der Waals surface area contributed by atoms with Crippen molar-refractivity contribution in [2.75, 3.05) is 6.54 Å². The Kier molecular flexibility index (Phi) is 3.84. The number of rotatable bonds is 3. The molecule has 1 atom stereocenters. The second-order valence-corrected chi connectivity index (χ2v) is 7.48. The Hall–Kier alpha value is -1.48. The van der Waals surface area contributed by atoms with Crippen molar-refractivity contribution >= 4 is 28.4 Å². The number of benzene rings is 1. The van der Waals surface area contributed by atoms with Gasteiger partial charge in [-0.25, -0.2) is 0 Å². The Bertz CT molecular complexity index is 760. The van der Waals surface area contributed by atoms with Gasteiger partial charge < -0.3 is 9.88 Å². The minimum atomic E-state index is 0.252. The molecule has 122 valence electrons. The number of nitrogens with one attached hydrogen (secondary N) is 1. The average Bonchev–Trinajstić information content (AvgIpc) is 2.77. The van der Waals surface area contributed by atoms with E-state index in [0.717, 1.165) is 37.3 Å². The summed E-state index contributed by atoms with van der Waals surface area (Å²) >= 11 is 6.23. The predicted molar refractivity (Wildman–Crippen MR) is 94.0 cm³/mol. The number of fused-ring (bicyclic) bond motifs is 3. The Labute approximate surface area is 142 Å². The van der Waals surface area contributed by atoms with Crippen LogP contribution in [-0.2, 0) is 18.3 Å². The highest BCUT2D eigenvalue weighted by molar-refractivity contribution is 6.31. The summed E-state index contributed by atoms with van der Waals surface area (Å²) in [5, 5.41) is 5.25. The minimum Gasteiger partial charge on any atom is -0.355 e. The molecule has 2 aliphatic carbocycles. The van der Waals surface area contributed by atoms with Crippen molar-refractivity contribution < 1.29 is 4.79 Å². The van der Waals surface area contributed by atoms with Gasteiger partial charge in [0.2, 0.25) is 5.91 Å². The Morgan fingerprint density at radius 3 is 2.87 bits per heavy atom. The molecule has 2 aromatic rings. The quantitative estimate of drug-likeness (QED) is 0.900. The molecule has 2 aliphatic rings. The van der Waals surface area contributed by atoms with Crippen LogP contribution in [0.3, 0.4) is 0 Å². The van der Waals surface area contributed by atoms with Crippen LogP contribution in [0.4, 0.5) is 0 Å². The lowest BCUT2D eigenvalue weighted by Crippen LogP contribution is -2.37. The number of aromatic nitrogens is 1. The number of hydrogen-bond acceptors (Lipinski definition) is 1. The molecule has 1 heterocycles. The molecule has 1 fully saturated rings. The lowest BCUT2D eigenvalue weighted by molar-refractivity contribution is -0.127. The third-order valence-corrected chi connectivity index (χ3v) is 5.93. The van der Waals surface area contributed by atoms with Crippen LogP contribution in [0.5, 0.6) is 0 Å². The number of carbonyl (C=O) groups excluding carboxylic acids is 1. The molecular weight excluding hydrogens is 308 g/mol. The summed E-state index contributed by atoms with van der Waals surface area (Å²) in [6, 6.07) is 6.16. The van der Waals surface area contributed by atoms with E-state index >= 15 is 0 Å². The molecule has 23 heavy (non-hydrogen) atoms. The van der Waals surface area contributed by atoms with E-state index in [4.69, 9.17) is 11.6 Å². The van der Waals surface area contributed by atoms with E-state index in [-0.39, 0.29) is 11.8 Å². The summed E-state index contributed by atoms with van der Waals surface area (Å²) < 4.78 is 2.31. The van der Waals surface area contributed by atoms with Gasteiger partial charge in [-0.1, -0.05) is 18.0 Å². The minimum absolute atomic E-state index is 0.252. The van der Waals surface area contributed by atoms with Crippen molar-refractivity contribution in [1.29, 1.82) is 0 Å². The largest absolute Gasteiger partial charge is 0.355 e. The van der Waals surface area contributed by atoms with Crippen molar-refractivity contribution in [1.82, 2.24) is 9.88 Å². The fourth-order valence-corrected chi connectivity index (χ4v) is 4.33. The van der Waals surface area contributed by atoms with Crippen LogP contribution in [0.25, 0.3) is 10.9 Å². The molecule has 1 aromatic heterocycles. The average molecular weight is 331 g/mol. The molecule has 1 saturated carbocycles. The van der Waals surface area contributed by atoms with Gasteiger partial charge in [-0.15, -0.1) is 0 Å². The molecule has 4 heteroatoms. The van der Waals surface area contributed by atoms with E-state index in [0.29, 0.717) is 5.92 Å². The normalized spacial score (nSPS) is 21.0. The Morgan fingerprint density at radius 2 is 2.13 bits per heavy atom. The van der Waals surface area contributed by atoms with Crippen LogP contribution < -0.4 is 5.32 Å². The van der Waals surface area contributed by atoms with Crippen LogP contribution >= 0.6 is 11.6 Å². The molecule has 1 N–H and O–H groups in total. The van der Waals surface area contributed by atoms with Crippen LogP contribution in [-0.4, -0.2) is 17.0 Å². The monoisotopic (exact) mass is 330 g/mol. The van der Waals surface area contributed by atoms with Gasteiger partial charge >= 0.3 is 0 Å². The maximum absolute atomic E-state index is 12.2. The van der Waals surface area contributed by atoms with Gasteiger partial charge in [-0.2, -0.15) is 0 Å². The first-order valence-corrected chi connectivity index (χ1v) is 9.07. The molecule has 4 rings (SSSR count).